The van der Waals surface area contributed by atoms with E-state index in [1.165, 1.54) is 12.3 Å². The first-order chi connectivity index (χ1) is 7.97. The van der Waals surface area contributed by atoms with Gasteiger partial charge in [0, 0.05) is 12.2 Å². The van der Waals surface area contributed by atoms with Crippen LogP contribution in [0.2, 0.25) is 0 Å². The molecule has 1 N–H and O–H groups in total. The fourth-order valence-electron chi connectivity index (χ4n) is 2.28. The van der Waals surface area contributed by atoms with E-state index in [9.17, 15) is 13.2 Å². The van der Waals surface area contributed by atoms with Crippen molar-refractivity contribution >= 4 is 5.82 Å². The van der Waals surface area contributed by atoms with Crippen molar-refractivity contribution in [1.82, 2.24) is 4.98 Å². The van der Waals surface area contributed by atoms with E-state index in [2.05, 4.69) is 17.2 Å². The Morgan fingerprint density at radius 3 is 2.71 bits per heavy atom. The van der Waals surface area contributed by atoms with Gasteiger partial charge >= 0.3 is 6.18 Å². The van der Waals surface area contributed by atoms with Gasteiger partial charge in [0.1, 0.15) is 5.82 Å². The van der Waals surface area contributed by atoms with Crippen LogP contribution in [0.3, 0.4) is 0 Å². The van der Waals surface area contributed by atoms with Gasteiger partial charge in [-0.3, -0.25) is 0 Å². The van der Waals surface area contributed by atoms with E-state index in [0.717, 1.165) is 25.3 Å². The number of pyridine rings is 1. The van der Waals surface area contributed by atoms with Gasteiger partial charge in [-0.1, -0.05) is 6.92 Å². The number of alkyl halides is 3. The zero-order chi connectivity index (χ0) is 12.5. The molecule has 2 atom stereocenters. The van der Waals surface area contributed by atoms with Crippen LogP contribution < -0.4 is 5.32 Å². The minimum atomic E-state index is -4.35. The number of nitrogens with one attached hydrogen (secondary N) is 1. The maximum atomic E-state index is 12.7. The lowest BCUT2D eigenvalue weighted by atomic mass is 10.1. The van der Waals surface area contributed by atoms with Crippen LogP contribution in [0.1, 0.15) is 31.7 Å². The Balaban J connectivity index is 2.15. The molecule has 94 valence electrons. The summed E-state index contributed by atoms with van der Waals surface area (Å²) in [6.07, 6.45) is -0.0778. The first-order valence-electron chi connectivity index (χ1n) is 5.75. The molecule has 17 heavy (non-hydrogen) atoms. The zero-order valence-electron chi connectivity index (χ0n) is 9.59. The minimum absolute atomic E-state index is 0.0425. The molecule has 1 aliphatic carbocycles. The van der Waals surface area contributed by atoms with Gasteiger partial charge in [0.2, 0.25) is 0 Å². The van der Waals surface area contributed by atoms with Crippen molar-refractivity contribution < 1.29 is 13.2 Å². The lowest BCUT2D eigenvalue weighted by Gasteiger charge is -2.17. The van der Waals surface area contributed by atoms with E-state index in [1.807, 2.05) is 0 Å². The van der Waals surface area contributed by atoms with Gasteiger partial charge in [-0.15, -0.1) is 0 Å². The highest BCUT2D eigenvalue weighted by atomic mass is 19.4. The highest BCUT2D eigenvalue weighted by Crippen LogP contribution is 2.35. The summed E-state index contributed by atoms with van der Waals surface area (Å²) in [7, 11) is 0. The molecule has 0 aromatic carbocycles. The second kappa shape index (κ2) is 4.55. The van der Waals surface area contributed by atoms with Crippen molar-refractivity contribution in [3.05, 3.63) is 23.9 Å². The maximum Gasteiger partial charge on any atom is 0.419 e. The normalized spacial score (nSPS) is 24.9. The molecular weight excluding hydrogens is 229 g/mol. The van der Waals surface area contributed by atoms with Gasteiger partial charge in [0.15, 0.2) is 0 Å². The monoisotopic (exact) mass is 244 g/mol. The first kappa shape index (κ1) is 12.2. The van der Waals surface area contributed by atoms with Crippen LogP contribution in [0.4, 0.5) is 19.0 Å². The first-order valence-corrected chi connectivity index (χ1v) is 5.75. The number of aromatic nitrogens is 1. The summed E-state index contributed by atoms with van der Waals surface area (Å²) in [5, 5.41) is 2.92. The fraction of sp³-hybridized carbons (Fsp3) is 0.583. The number of nitrogens with zero attached hydrogens (tertiary/aromatic N) is 1. The van der Waals surface area contributed by atoms with E-state index in [4.69, 9.17) is 0 Å². The van der Waals surface area contributed by atoms with Gasteiger partial charge in [0.05, 0.1) is 5.56 Å². The van der Waals surface area contributed by atoms with E-state index in [-0.39, 0.29) is 11.9 Å². The molecule has 1 saturated carbocycles. The third-order valence-electron chi connectivity index (χ3n) is 3.15. The van der Waals surface area contributed by atoms with Crippen LogP contribution in [0.15, 0.2) is 18.3 Å². The number of hydrogen-bond acceptors (Lipinski definition) is 2. The highest BCUT2D eigenvalue weighted by Gasteiger charge is 2.35. The van der Waals surface area contributed by atoms with Crippen LogP contribution in [0.25, 0.3) is 0 Å². The molecule has 1 aromatic heterocycles. The van der Waals surface area contributed by atoms with Crippen molar-refractivity contribution in [2.24, 2.45) is 5.92 Å². The van der Waals surface area contributed by atoms with E-state index < -0.39 is 11.7 Å². The van der Waals surface area contributed by atoms with Crippen molar-refractivity contribution in [1.29, 1.82) is 0 Å². The molecule has 1 aromatic rings. The van der Waals surface area contributed by atoms with Crippen LogP contribution in [-0.2, 0) is 6.18 Å². The van der Waals surface area contributed by atoms with E-state index in [1.54, 1.807) is 0 Å². The Kier molecular flexibility index (Phi) is 3.26. The molecule has 0 aliphatic heterocycles. The summed E-state index contributed by atoms with van der Waals surface area (Å²) in [5.41, 5.74) is -0.681. The Morgan fingerprint density at radius 2 is 2.12 bits per heavy atom. The Morgan fingerprint density at radius 1 is 1.35 bits per heavy atom. The molecule has 0 amide bonds. The Bertz CT molecular complexity index is 390. The summed E-state index contributed by atoms with van der Waals surface area (Å²) in [5.74, 6) is 0.532. The summed E-state index contributed by atoms with van der Waals surface area (Å²) in [4.78, 5) is 3.80. The average molecular weight is 244 g/mol. The molecule has 2 unspecified atom stereocenters. The van der Waals surface area contributed by atoms with Crippen molar-refractivity contribution in [2.45, 2.75) is 38.4 Å². The SMILES string of the molecule is CC1CCC(Nc2ncccc2C(F)(F)F)C1. The lowest BCUT2D eigenvalue weighted by Crippen LogP contribution is -2.20. The van der Waals surface area contributed by atoms with Crippen LogP contribution in [0, 0.1) is 5.92 Å². The van der Waals surface area contributed by atoms with E-state index in [0.29, 0.717) is 5.92 Å². The molecule has 2 nitrogen and oxygen atoms in total. The quantitative estimate of drug-likeness (QED) is 0.858. The van der Waals surface area contributed by atoms with Crippen molar-refractivity contribution in [2.75, 3.05) is 5.32 Å². The predicted octanol–water partition coefficient (Wildman–Crippen LogP) is 3.70. The molecule has 1 fully saturated rings. The summed E-state index contributed by atoms with van der Waals surface area (Å²) < 4.78 is 38.2. The van der Waals surface area contributed by atoms with Gasteiger partial charge in [-0.05, 0) is 37.3 Å². The second-order valence-corrected chi connectivity index (χ2v) is 4.66. The Hall–Kier alpha value is -1.26. The zero-order valence-corrected chi connectivity index (χ0v) is 9.59. The van der Waals surface area contributed by atoms with E-state index >= 15 is 0 Å². The number of rotatable bonds is 2. The molecule has 0 spiro atoms. The molecule has 1 aliphatic rings. The summed E-state index contributed by atoms with van der Waals surface area (Å²) in [6, 6.07) is 2.49. The molecule has 1 heterocycles. The second-order valence-electron chi connectivity index (χ2n) is 4.66. The maximum absolute atomic E-state index is 12.7. The lowest BCUT2D eigenvalue weighted by molar-refractivity contribution is -0.137. The van der Waals surface area contributed by atoms with Gasteiger partial charge in [-0.2, -0.15) is 13.2 Å². The molecule has 0 radical (unpaired) electrons. The summed E-state index contributed by atoms with van der Waals surface area (Å²) >= 11 is 0. The third-order valence-corrected chi connectivity index (χ3v) is 3.15. The van der Waals surface area contributed by atoms with Gasteiger partial charge in [-0.25, -0.2) is 4.98 Å². The van der Waals surface area contributed by atoms with Crippen molar-refractivity contribution in [3.8, 4) is 0 Å². The highest BCUT2D eigenvalue weighted by molar-refractivity contribution is 5.46. The Labute approximate surface area is 98.2 Å². The van der Waals surface area contributed by atoms with Crippen LogP contribution in [-0.4, -0.2) is 11.0 Å². The number of anilines is 1. The van der Waals surface area contributed by atoms with Crippen LogP contribution >= 0.6 is 0 Å². The molecule has 0 saturated heterocycles. The standard InChI is InChI=1S/C12H15F3N2/c1-8-4-5-9(7-8)17-11-10(12(13,14)15)3-2-6-16-11/h2-3,6,8-9H,4-5,7H2,1H3,(H,16,17). The topological polar surface area (TPSA) is 24.9 Å². The molecular formula is C12H15F3N2. The fourth-order valence-corrected chi connectivity index (χ4v) is 2.28. The molecule has 5 heteroatoms. The van der Waals surface area contributed by atoms with Crippen LogP contribution in [0.5, 0.6) is 0 Å². The predicted molar refractivity (Wildman–Crippen MR) is 59.7 cm³/mol. The number of hydrogen-bond donors (Lipinski definition) is 1. The average Bonchev–Trinajstić information content (AvgIpc) is 2.63. The number of halogens is 3. The van der Waals surface area contributed by atoms with Gasteiger partial charge in [0.25, 0.3) is 0 Å². The molecule has 2 rings (SSSR count). The van der Waals surface area contributed by atoms with Crippen molar-refractivity contribution in [3.63, 3.8) is 0 Å². The smallest absolute Gasteiger partial charge is 0.367 e. The molecule has 0 bridgehead atoms. The van der Waals surface area contributed by atoms with Gasteiger partial charge < -0.3 is 5.32 Å². The largest absolute Gasteiger partial charge is 0.419 e. The summed E-state index contributed by atoms with van der Waals surface area (Å²) in [6.45, 7) is 2.12. The minimum Gasteiger partial charge on any atom is -0.367 e. The third kappa shape index (κ3) is 2.90.